The van der Waals surface area contributed by atoms with Crippen LogP contribution < -0.4 is 5.32 Å². The van der Waals surface area contributed by atoms with E-state index in [0.717, 1.165) is 51.0 Å². The number of carbonyl (C=O) groups excluding carboxylic acids is 1. The molecule has 3 heteroatoms. The Bertz CT molecular complexity index is 329. The molecule has 134 valence electrons. The average molecular weight is 324 g/mol. The number of nitrogens with one attached hydrogen (secondary N) is 1. The largest absolute Gasteiger partial charge is 0.462 e. The number of hydrogen-bond acceptors (Lipinski definition) is 3. The van der Waals surface area contributed by atoms with E-state index in [4.69, 9.17) is 4.74 Å². The fourth-order valence-corrected chi connectivity index (χ4v) is 4.22. The van der Waals surface area contributed by atoms with Crippen LogP contribution in [0.1, 0.15) is 90.9 Å². The third kappa shape index (κ3) is 6.45. The second-order valence-electron chi connectivity index (χ2n) is 7.72. The normalized spacial score (nSPS) is 31.7. The lowest BCUT2D eigenvalue weighted by atomic mass is 9.84. The maximum absolute atomic E-state index is 12.4. The predicted molar refractivity (Wildman–Crippen MR) is 95.4 cm³/mol. The molecule has 0 atom stereocenters. The molecule has 2 aliphatic rings. The fraction of sp³-hybridized carbons (Fsp3) is 0.950. The van der Waals surface area contributed by atoms with Crippen LogP contribution in [0.25, 0.3) is 0 Å². The van der Waals surface area contributed by atoms with E-state index in [2.05, 4.69) is 19.2 Å². The quantitative estimate of drug-likeness (QED) is 0.513. The second-order valence-corrected chi connectivity index (χ2v) is 7.72. The smallest absolute Gasteiger partial charge is 0.309 e. The monoisotopic (exact) mass is 323 g/mol. The van der Waals surface area contributed by atoms with Crippen molar-refractivity contribution in [2.45, 2.75) is 103 Å². The molecular formula is C20H37NO2. The van der Waals surface area contributed by atoms with Crippen molar-refractivity contribution in [3.8, 4) is 0 Å². The van der Waals surface area contributed by atoms with Gasteiger partial charge in [-0.1, -0.05) is 33.1 Å². The van der Waals surface area contributed by atoms with Crippen molar-refractivity contribution >= 4 is 5.97 Å². The van der Waals surface area contributed by atoms with Crippen molar-refractivity contribution in [3.05, 3.63) is 0 Å². The highest BCUT2D eigenvalue weighted by atomic mass is 16.5. The Hall–Kier alpha value is -0.570. The van der Waals surface area contributed by atoms with Gasteiger partial charge in [-0.15, -0.1) is 0 Å². The topological polar surface area (TPSA) is 38.3 Å². The molecule has 23 heavy (non-hydrogen) atoms. The number of esters is 1. The van der Waals surface area contributed by atoms with E-state index in [9.17, 15) is 4.79 Å². The summed E-state index contributed by atoms with van der Waals surface area (Å²) in [6, 6.07) is 0.620. The maximum Gasteiger partial charge on any atom is 0.309 e. The van der Waals surface area contributed by atoms with E-state index >= 15 is 0 Å². The minimum atomic E-state index is 0.0935. The van der Waals surface area contributed by atoms with E-state index in [1.165, 1.54) is 38.5 Å². The molecule has 3 nitrogen and oxygen atoms in total. The molecule has 2 aliphatic carbocycles. The van der Waals surface area contributed by atoms with Gasteiger partial charge in [0.25, 0.3) is 0 Å². The molecule has 1 N–H and O–H groups in total. The van der Waals surface area contributed by atoms with Crippen LogP contribution in [0.4, 0.5) is 0 Å². The van der Waals surface area contributed by atoms with Gasteiger partial charge in [-0.25, -0.2) is 0 Å². The molecule has 2 rings (SSSR count). The lowest BCUT2D eigenvalue weighted by Crippen LogP contribution is -2.36. The zero-order valence-corrected chi connectivity index (χ0v) is 15.3. The summed E-state index contributed by atoms with van der Waals surface area (Å²) in [5.41, 5.74) is 0. The van der Waals surface area contributed by atoms with Crippen LogP contribution in [0.5, 0.6) is 0 Å². The molecule has 0 unspecified atom stereocenters. The first-order valence-electron chi connectivity index (χ1n) is 10.2. The van der Waals surface area contributed by atoms with Crippen LogP contribution in [-0.2, 0) is 9.53 Å². The molecule has 0 spiro atoms. The maximum atomic E-state index is 12.4. The van der Waals surface area contributed by atoms with E-state index in [-0.39, 0.29) is 18.0 Å². The van der Waals surface area contributed by atoms with Gasteiger partial charge in [0.2, 0.25) is 0 Å². The Balaban J connectivity index is 1.62. The highest BCUT2D eigenvalue weighted by Crippen LogP contribution is 2.31. The van der Waals surface area contributed by atoms with Gasteiger partial charge >= 0.3 is 5.97 Å². The Morgan fingerprint density at radius 2 is 1.65 bits per heavy atom. The zero-order valence-electron chi connectivity index (χ0n) is 15.3. The molecule has 0 saturated heterocycles. The molecule has 0 aromatic carbocycles. The minimum Gasteiger partial charge on any atom is -0.462 e. The van der Waals surface area contributed by atoms with E-state index in [1.54, 1.807) is 0 Å². The van der Waals surface area contributed by atoms with Gasteiger partial charge in [-0.05, 0) is 70.3 Å². The molecule has 0 aromatic rings. The summed E-state index contributed by atoms with van der Waals surface area (Å²) in [4.78, 5) is 12.4. The molecule has 0 aromatic heterocycles. The van der Waals surface area contributed by atoms with Gasteiger partial charge in [-0.2, -0.15) is 0 Å². The Kier molecular flexibility index (Phi) is 8.43. The summed E-state index contributed by atoms with van der Waals surface area (Å²) in [5, 5.41) is 3.63. The molecule has 0 bridgehead atoms. The van der Waals surface area contributed by atoms with Gasteiger partial charge < -0.3 is 10.1 Å². The van der Waals surface area contributed by atoms with Crippen LogP contribution in [0.2, 0.25) is 0 Å². The summed E-state index contributed by atoms with van der Waals surface area (Å²) >= 11 is 0. The third-order valence-corrected chi connectivity index (χ3v) is 5.80. The van der Waals surface area contributed by atoms with Crippen molar-refractivity contribution in [1.82, 2.24) is 5.32 Å². The van der Waals surface area contributed by atoms with Crippen molar-refractivity contribution < 1.29 is 9.53 Å². The van der Waals surface area contributed by atoms with Gasteiger partial charge in [0.15, 0.2) is 0 Å². The van der Waals surface area contributed by atoms with E-state index < -0.39 is 0 Å². The number of rotatable bonds is 8. The summed E-state index contributed by atoms with van der Waals surface area (Å²) in [5.74, 6) is 1.13. The molecule has 2 saturated carbocycles. The summed E-state index contributed by atoms with van der Waals surface area (Å²) < 4.78 is 5.83. The first kappa shape index (κ1) is 18.8. The first-order valence-corrected chi connectivity index (χ1v) is 10.2. The van der Waals surface area contributed by atoms with Crippen molar-refractivity contribution in [2.24, 2.45) is 11.8 Å². The van der Waals surface area contributed by atoms with Crippen molar-refractivity contribution in [1.29, 1.82) is 0 Å². The SMILES string of the molecule is CCCCNC1CCC(C(=O)OC2CCC(CCC)CC2)CC1. The van der Waals surface area contributed by atoms with Gasteiger partial charge in [0, 0.05) is 6.04 Å². The number of unbranched alkanes of at least 4 members (excludes halogenated alkanes) is 1. The molecule has 0 heterocycles. The molecular weight excluding hydrogens is 286 g/mol. The lowest BCUT2D eigenvalue weighted by Gasteiger charge is -2.31. The van der Waals surface area contributed by atoms with Gasteiger partial charge in [0.05, 0.1) is 5.92 Å². The summed E-state index contributed by atoms with van der Waals surface area (Å²) in [6.07, 6.45) is 14.3. The van der Waals surface area contributed by atoms with Crippen LogP contribution in [0, 0.1) is 11.8 Å². The van der Waals surface area contributed by atoms with Crippen LogP contribution in [0.15, 0.2) is 0 Å². The Labute approximate surface area is 142 Å². The average Bonchev–Trinajstić information content (AvgIpc) is 2.58. The number of carbonyl (C=O) groups is 1. The first-order chi connectivity index (χ1) is 11.2. The van der Waals surface area contributed by atoms with Crippen molar-refractivity contribution in [2.75, 3.05) is 6.54 Å². The molecule has 0 amide bonds. The Morgan fingerprint density at radius 3 is 2.26 bits per heavy atom. The van der Waals surface area contributed by atoms with Crippen LogP contribution in [-0.4, -0.2) is 24.7 Å². The number of ether oxygens (including phenoxy) is 1. The van der Waals surface area contributed by atoms with Gasteiger partial charge in [0.1, 0.15) is 6.10 Å². The van der Waals surface area contributed by atoms with Crippen molar-refractivity contribution in [3.63, 3.8) is 0 Å². The van der Waals surface area contributed by atoms with Crippen LogP contribution >= 0.6 is 0 Å². The molecule has 0 aliphatic heterocycles. The lowest BCUT2D eigenvalue weighted by molar-refractivity contribution is -0.157. The summed E-state index contributed by atoms with van der Waals surface area (Å²) in [6.45, 7) is 5.61. The third-order valence-electron chi connectivity index (χ3n) is 5.80. The predicted octanol–water partition coefficient (Wildman–Crippen LogP) is 4.84. The zero-order chi connectivity index (χ0) is 16.5. The van der Waals surface area contributed by atoms with Gasteiger partial charge in [-0.3, -0.25) is 4.79 Å². The molecule has 2 fully saturated rings. The second kappa shape index (κ2) is 10.3. The number of hydrogen-bond donors (Lipinski definition) is 1. The summed E-state index contributed by atoms with van der Waals surface area (Å²) in [7, 11) is 0. The highest BCUT2D eigenvalue weighted by Gasteiger charge is 2.30. The van der Waals surface area contributed by atoms with Crippen LogP contribution in [0.3, 0.4) is 0 Å². The standard InChI is InChI=1S/C20H37NO2/c1-3-5-15-21-18-11-9-17(10-12-18)20(22)23-19-13-7-16(6-4-2)8-14-19/h16-19,21H,3-15H2,1-2H3. The highest BCUT2D eigenvalue weighted by molar-refractivity contribution is 5.72. The Morgan fingerprint density at radius 1 is 0.957 bits per heavy atom. The fourth-order valence-electron chi connectivity index (χ4n) is 4.22. The van der Waals surface area contributed by atoms with E-state index in [0.29, 0.717) is 6.04 Å². The minimum absolute atomic E-state index is 0.0935. The van der Waals surface area contributed by atoms with E-state index in [1.807, 2.05) is 0 Å². The molecule has 0 radical (unpaired) electrons.